The Morgan fingerprint density at radius 2 is 1.68 bits per heavy atom. The molecule has 0 unspecified atom stereocenters. The van der Waals surface area contributed by atoms with Crippen LogP contribution in [-0.4, -0.2) is 65.7 Å². The molecular weight excluding hydrogens is 318 g/mol. The molecule has 142 valence electrons. The van der Waals surface area contributed by atoms with Gasteiger partial charge in [0, 0.05) is 32.1 Å². The summed E-state index contributed by atoms with van der Waals surface area (Å²) in [5.41, 5.74) is 0. The summed E-state index contributed by atoms with van der Waals surface area (Å²) in [5.74, 6) is 0.607. The van der Waals surface area contributed by atoms with E-state index in [4.69, 9.17) is 5.11 Å². The van der Waals surface area contributed by atoms with E-state index in [1.807, 2.05) is 0 Å². The minimum atomic E-state index is -0.693. The van der Waals surface area contributed by atoms with Crippen molar-refractivity contribution < 1.29 is 14.7 Å². The first-order valence-corrected chi connectivity index (χ1v) is 10.1. The summed E-state index contributed by atoms with van der Waals surface area (Å²) in [7, 11) is 0. The van der Waals surface area contributed by atoms with Gasteiger partial charge in [-0.2, -0.15) is 0 Å². The molecule has 0 aromatic carbocycles. The lowest BCUT2D eigenvalue weighted by Gasteiger charge is -2.34. The van der Waals surface area contributed by atoms with Crippen LogP contribution in [0.15, 0.2) is 0 Å². The molecule has 2 N–H and O–H groups in total. The molecule has 2 aliphatic heterocycles. The molecule has 6 heteroatoms. The molecule has 0 aromatic rings. The summed E-state index contributed by atoms with van der Waals surface area (Å²) < 4.78 is 0. The predicted octanol–water partition coefficient (Wildman–Crippen LogP) is 2.54. The van der Waals surface area contributed by atoms with E-state index in [1.54, 1.807) is 0 Å². The van der Waals surface area contributed by atoms with Gasteiger partial charge in [0.25, 0.3) is 0 Å². The Morgan fingerprint density at radius 3 is 2.36 bits per heavy atom. The average Bonchev–Trinajstić information content (AvgIpc) is 3.00. The summed E-state index contributed by atoms with van der Waals surface area (Å²) in [6.07, 6.45) is 8.91. The molecule has 2 saturated heterocycles. The third kappa shape index (κ3) is 5.09. The molecule has 1 saturated carbocycles. The number of nitrogens with one attached hydrogen (secondary N) is 1. The maximum absolute atomic E-state index is 12.7. The lowest BCUT2D eigenvalue weighted by Crippen LogP contribution is -2.41. The molecule has 25 heavy (non-hydrogen) atoms. The van der Waals surface area contributed by atoms with Crippen LogP contribution >= 0.6 is 0 Å². The quantitative estimate of drug-likeness (QED) is 0.739. The average molecular weight is 351 g/mol. The largest absolute Gasteiger partial charge is 0.481 e. The molecule has 1 aliphatic carbocycles. The summed E-state index contributed by atoms with van der Waals surface area (Å²) in [4.78, 5) is 27.6. The van der Waals surface area contributed by atoms with E-state index in [-0.39, 0.29) is 12.5 Å². The number of rotatable bonds is 7. The van der Waals surface area contributed by atoms with Gasteiger partial charge >= 0.3 is 12.0 Å². The maximum atomic E-state index is 12.7. The second kappa shape index (κ2) is 8.88. The van der Waals surface area contributed by atoms with E-state index >= 15 is 0 Å². The predicted molar refractivity (Wildman–Crippen MR) is 96.5 cm³/mol. The van der Waals surface area contributed by atoms with Crippen molar-refractivity contribution in [3.8, 4) is 0 Å². The number of piperidine rings is 1. The van der Waals surface area contributed by atoms with E-state index < -0.39 is 5.97 Å². The van der Waals surface area contributed by atoms with E-state index in [0.717, 1.165) is 77.2 Å². The molecule has 3 rings (SSSR count). The van der Waals surface area contributed by atoms with Gasteiger partial charge in [-0.25, -0.2) is 4.79 Å². The van der Waals surface area contributed by atoms with Gasteiger partial charge in [0.05, 0.1) is 0 Å². The Bertz CT molecular complexity index is 457. The number of amides is 2. The topological polar surface area (TPSA) is 72.9 Å². The number of carbonyl (C=O) groups excluding carboxylic acids is 1. The number of urea groups is 1. The summed E-state index contributed by atoms with van der Waals surface area (Å²) in [6, 6.07) is 0.611. The first-order chi connectivity index (χ1) is 12.1. The molecule has 3 aliphatic rings. The first-order valence-electron chi connectivity index (χ1n) is 10.1. The van der Waals surface area contributed by atoms with Crippen molar-refractivity contribution in [3.63, 3.8) is 0 Å². The second-order valence-electron chi connectivity index (χ2n) is 8.05. The number of nitrogens with zero attached hydrogens (tertiary/aromatic N) is 2. The van der Waals surface area contributed by atoms with Crippen molar-refractivity contribution in [1.82, 2.24) is 15.1 Å². The Balaban J connectivity index is 1.39. The van der Waals surface area contributed by atoms with E-state index in [9.17, 15) is 9.59 Å². The van der Waals surface area contributed by atoms with E-state index in [0.29, 0.717) is 12.0 Å². The van der Waals surface area contributed by atoms with Crippen LogP contribution in [0.4, 0.5) is 4.79 Å². The van der Waals surface area contributed by atoms with Crippen molar-refractivity contribution in [2.24, 2.45) is 11.8 Å². The molecule has 0 bridgehead atoms. The van der Waals surface area contributed by atoms with Crippen LogP contribution in [0.3, 0.4) is 0 Å². The zero-order valence-corrected chi connectivity index (χ0v) is 15.3. The van der Waals surface area contributed by atoms with Crippen LogP contribution in [0, 0.1) is 11.8 Å². The summed E-state index contributed by atoms with van der Waals surface area (Å²) in [6.45, 7) is 4.90. The van der Waals surface area contributed by atoms with Crippen LogP contribution in [0.2, 0.25) is 0 Å². The molecule has 2 heterocycles. The highest BCUT2D eigenvalue weighted by Gasteiger charge is 2.35. The van der Waals surface area contributed by atoms with Crippen molar-refractivity contribution >= 4 is 12.0 Å². The van der Waals surface area contributed by atoms with Gasteiger partial charge in [-0.3, -0.25) is 4.79 Å². The second-order valence-corrected chi connectivity index (χ2v) is 8.05. The zero-order chi connectivity index (χ0) is 17.6. The van der Waals surface area contributed by atoms with Crippen molar-refractivity contribution in [3.05, 3.63) is 0 Å². The molecule has 0 aromatic heterocycles. The number of carboxylic acids is 1. The molecule has 0 spiro atoms. The highest BCUT2D eigenvalue weighted by Crippen LogP contribution is 2.32. The minimum Gasteiger partial charge on any atom is -0.481 e. The van der Waals surface area contributed by atoms with Crippen molar-refractivity contribution in [2.75, 3.05) is 32.7 Å². The fourth-order valence-electron chi connectivity index (χ4n) is 4.73. The van der Waals surface area contributed by atoms with Gasteiger partial charge in [0.1, 0.15) is 0 Å². The Morgan fingerprint density at radius 1 is 1.00 bits per heavy atom. The Kier molecular flexibility index (Phi) is 6.57. The van der Waals surface area contributed by atoms with Crippen LogP contribution < -0.4 is 5.32 Å². The molecule has 0 atom stereocenters. The fraction of sp³-hybridized carbons (Fsp3) is 0.895. The van der Waals surface area contributed by atoms with Gasteiger partial charge in [0.2, 0.25) is 0 Å². The van der Waals surface area contributed by atoms with Gasteiger partial charge in [0.15, 0.2) is 0 Å². The zero-order valence-electron chi connectivity index (χ0n) is 15.3. The molecule has 6 nitrogen and oxygen atoms in total. The van der Waals surface area contributed by atoms with Crippen LogP contribution in [-0.2, 0) is 4.79 Å². The highest BCUT2D eigenvalue weighted by molar-refractivity contribution is 5.76. The Labute approximate surface area is 150 Å². The number of carboxylic acid groups (broad SMARTS) is 1. The van der Waals surface area contributed by atoms with Gasteiger partial charge in [-0.15, -0.1) is 0 Å². The third-order valence-corrected chi connectivity index (χ3v) is 6.42. The minimum absolute atomic E-state index is 0.239. The van der Waals surface area contributed by atoms with Crippen molar-refractivity contribution in [1.29, 1.82) is 0 Å². The smallest absolute Gasteiger partial charge is 0.320 e. The number of hydrogen-bond acceptors (Lipinski definition) is 3. The monoisotopic (exact) mass is 351 g/mol. The van der Waals surface area contributed by atoms with Gasteiger partial charge < -0.3 is 20.2 Å². The molecular formula is C19H33N3O3. The third-order valence-electron chi connectivity index (χ3n) is 6.42. The fourth-order valence-corrected chi connectivity index (χ4v) is 4.73. The van der Waals surface area contributed by atoms with Crippen LogP contribution in [0.25, 0.3) is 0 Å². The summed E-state index contributed by atoms with van der Waals surface area (Å²) >= 11 is 0. The van der Waals surface area contributed by atoms with Crippen LogP contribution in [0.5, 0.6) is 0 Å². The van der Waals surface area contributed by atoms with Crippen LogP contribution in [0.1, 0.15) is 57.8 Å². The number of aliphatic carboxylic acids is 1. The Hall–Kier alpha value is -1.30. The summed E-state index contributed by atoms with van der Waals surface area (Å²) in [5, 5.41) is 12.2. The molecule has 3 fully saturated rings. The lowest BCUT2D eigenvalue weighted by atomic mass is 9.83. The first kappa shape index (κ1) is 18.5. The molecule has 0 radical (unpaired) electrons. The highest BCUT2D eigenvalue weighted by atomic mass is 16.4. The number of hydrogen-bond donors (Lipinski definition) is 2. The standard InChI is InChI=1S/C19H33N3O3/c23-18(24)6-3-15-1-4-17(5-2-15)22-14-13-21(19(22)25)12-9-16-7-10-20-11-8-16/h15-17,20H,1-14H2,(H,23,24)/t15-,17-. The number of carbonyl (C=O) groups is 2. The van der Waals surface area contributed by atoms with Gasteiger partial charge in [-0.05, 0) is 76.3 Å². The van der Waals surface area contributed by atoms with Crippen molar-refractivity contribution in [2.45, 2.75) is 63.8 Å². The SMILES string of the molecule is O=C(O)CC[C@H]1CC[C@H](N2CCN(CCC3CCNCC3)C2=O)CC1. The van der Waals surface area contributed by atoms with E-state index in [1.165, 1.54) is 12.8 Å². The van der Waals surface area contributed by atoms with E-state index in [2.05, 4.69) is 15.1 Å². The normalized spacial score (nSPS) is 28.6. The van der Waals surface area contributed by atoms with Gasteiger partial charge in [-0.1, -0.05) is 0 Å². The lowest BCUT2D eigenvalue weighted by molar-refractivity contribution is -0.137. The molecule has 2 amide bonds. The maximum Gasteiger partial charge on any atom is 0.320 e.